The molecule has 1 aromatic rings. The van der Waals surface area contributed by atoms with E-state index in [1.165, 1.54) is 18.3 Å². The zero-order chi connectivity index (χ0) is 14.9. The number of pyridine rings is 1. The monoisotopic (exact) mass is 277 g/mol. The lowest BCUT2D eigenvalue weighted by Crippen LogP contribution is -2.30. The molecule has 0 aromatic carbocycles. The van der Waals surface area contributed by atoms with Crippen LogP contribution in [0.5, 0.6) is 0 Å². The Hall–Kier alpha value is -2.04. The van der Waals surface area contributed by atoms with Gasteiger partial charge >= 0.3 is 5.97 Å². The van der Waals surface area contributed by atoms with E-state index in [1.54, 1.807) is 26.8 Å². The molecule has 0 amide bonds. The SMILES string of the molecule is CC(C)(C)OC(=O)C1CC(c2ccc(F)nc2)=CC1=O. The normalized spacial score (nSPS) is 18.9. The topological polar surface area (TPSA) is 56.3 Å². The molecular formula is C15H16FNO3. The molecule has 0 N–H and O–H groups in total. The van der Waals surface area contributed by atoms with Gasteiger partial charge in [0.25, 0.3) is 0 Å². The first-order valence-electron chi connectivity index (χ1n) is 6.35. The van der Waals surface area contributed by atoms with Crippen LogP contribution in [0.2, 0.25) is 0 Å². The molecule has 1 heterocycles. The smallest absolute Gasteiger partial charge is 0.317 e. The van der Waals surface area contributed by atoms with Gasteiger partial charge in [-0.1, -0.05) is 0 Å². The highest BCUT2D eigenvalue weighted by Crippen LogP contribution is 2.31. The van der Waals surface area contributed by atoms with Crippen LogP contribution in [0.25, 0.3) is 5.57 Å². The quantitative estimate of drug-likeness (QED) is 0.473. The number of esters is 1. The molecule has 1 aliphatic rings. The molecule has 1 aromatic heterocycles. The molecule has 106 valence electrons. The minimum absolute atomic E-state index is 0.265. The molecule has 20 heavy (non-hydrogen) atoms. The zero-order valence-corrected chi connectivity index (χ0v) is 11.6. The maximum Gasteiger partial charge on any atom is 0.317 e. The Morgan fingerprint density at radius 2 is 2.10 bits per heavy atom. The van der Waals surface area contributed by atoms with Crippen LogP contribution in [-0.2, 0) is 14.3 Å². The van der Waals surface area contributed by atoms with Gasteiger partial charge in [-0.15, -0.1) is 0 Å². The molecule has 0 spiro atoms. The molecule has 0 saturated carbocycles. The first-order chi connectivity index (χ1) is 9.26. The van der Waals surface area contributed by atoms with E-state index in [9.17, 15) is 14.0 Å². The summed E-state index contributed by atoms with van der Waals surface area (Å²) in [6, 6.07) is 2.76. The van der Waals surface area contributed by atoms with Gasteiger partial charge in [-0.25, -0.2) is 4.98 Å². The standard InChI is InChI=1S/C15H16FNO3/c1-15(2,3)20-14(19)11-6-10(7-12(11)18)9-4-5-13(16)17-8-9/h4-5,7-8,11H,6H2,1-3H3. The maximum atomic E-state index is 12.8. The molecule has 5 heteroatoms. The lowest BCUT2D eigenvalue weighted by atomic mass is 10.0. The second-order valence-corrected chi connectivity index (χ2v) is 5.73. The van der Waals surface area contributed by atoms with Crippen molar-refractivity contribution in [3.05, 3.63) is 35.9 Å². The van der Waals surface area contributed by atoms with Crippen molar-refractivity contribution < 1.29 is 18.7 Å². The first kappa shape index (κ1) is 14.4. The van der Waals surface area contributed by atoms with Crippen LogP contribution in [0.4, 0.5) is 4.39 Å². The molecule has 2 rings (SSSR count). The first-order valence-corrected chi connectivity index (χ1v) is 6.35. The summed E-state index contributed by atoms with van der Waals surface area (Å²) in [5.74, 6) is -2.20. The number of allylic oxidation sites excluding steroid dienone is 2. The summed E-state index contributed by atoms with van der Waals surface area (Å²) in [4.78, 5) is 27.4. The van der Waals surface area contributed by atoms with Gasteiger partial charge in [0.2, 0.25) is 5.95 Å². The van der Waals surface area contributed by atoms with E-state index in [1.807, 2.05) is 0 Å². The van der Waals surface area contributed by atoms with Gasteiger partial charge in [-0.2, -0.15) is 4.39 Å². The summed E-state index contributed by atoms with van der Waals surface area (Å²) in [5, 5.41) is 0. The summed E-state index contributed by atoms with van der Waals surface area (Å²) in [5.41, 5.74) is 0.696. The number of rotatable bonds is 2. The van der Waals surface area contributed by atoms with E-state index in [0.717, 1.165) is 0 Å². The van der Waals surface area contributed by atoms with Gasteiger partial charge in [0.15, 0.2) is 5.78 Å². The fourth-order valence-electron chi connectivity index (χ4n) is 1.99. The Morgan fingerprint density at radius 1 is 1.40 bits per heavy atom. The lowest BCUT2D eigenvalue weighted by molar-refractivity contribution is -0.160. The number of carbonyl (C=O) groups is 2. The molecule has 0 fully saturated rings. The molecule has 0 aliphatic heterocycles. The summed E-state index contributed by atoms with van der Waals surface area (Å²) in [6.07, 6.45) is 3.02. The highest BCUT2D eigenvalue weighted by molar-refractivity contribution is 6.12. The number of hydrogen-bond donors (Lipinski definition) is 0. The fraction of sp³-hybridized carbons (Fsp3) is 0.400. The van der Waals surface area contributed by atoms with Crippen LogP contribution in [0.3, 0.4) is 0 Å². The molecule has 1 aliphatic carbocycles. The molecule has 1 unspecified atom stereocenters. The zero-order valence-electron chi connectivity index (χ0n) is 11.6. The Kier molecular flexibility index (Phi) is 3.70. The minimum Gasteiger partial charge on any atom is -0.459 e. The summed E-state index contributed by atoms with van der Waals surface area (Å²) in [7, 11) is 0. The third kappa shape index (κ3) is 3.29. The van der Waals surface area contributed by atoms with Crippen molar-refractivity contribution in [1.82, 2.24) is 4.98 Å². The van der Waals surface area contributed by atoms with E-state index < -0.39 is 23.4 Å². The van der Waals surface area contributed by atoms with Gasteiger partial charge in [0, 0.05) is 6.20 Å². The molecule has 0 bridgehead atoms. The van der Waals surface area contributed by atoms with Gasteiger partial charge in [0.1, 0.15) is 11.5 Å². The van der Waals surface area contributed by atoms with E-state index in [4.69, 9.17) is 4.74 Å². The van der Waals surface area contributed by atoms with Crippen LogP contribution in [0, 0.1) is 11.9 Å². The van der Waals surface area contributed by atoms with E-state index in [2.05, 4.69) is 4.98 Å². The number of hydrogen-bond acceptors (Lipinski definition) is 4. The predicted molar refractivity (Wildman–Crippen MR) is 71.1 cm³/mol. The highest BCUT2D eigenvalue weighted by Gasteiger charge is 2.35. The van der Waals surface area contributed by atoms with Crippen LogP contribution in [0.1, 0.15) is 32.8 Å². The van der Waals surface area contributed by atoms with Crippen molar-refractivity contribution >= 4 is 17.3 Å². The average molecular weight is 277 g/mol. The van der Waals surface area contributed by atoms with E-state index in [0.29, 0.717) is 11.1 Å². The predicted octanol–water partition coefficient (Wildman–Crippen LogP) is 2.53. The van der Waals surface area contributed by atoms with Gasteiger partial charge < -0.3 is 4.74 Å². The van der Waals surface area contributed by atoms with Crippen LogP contribution in [0.15, 0.2) is 24.4 Å². The number of carbonyl (C=O) groups excluding carboxylic acids is 2. The third-order valence-electron chi connectivity index (χ3n) is 2.87. The number of ether oxygens (including phenoxy) is 1. The van der Waals surface area contributed by atoms with Gasteiger partial charge in [-0.3, -0.25) is 9.59 Å². The Balaban J connectivity index is 2.11. The number of nitrogens with zero attached hydrogens (tertiary/aromatic N) is 1. The molecule has 0 saturated heterocycles. The second-order valence-electron chi connectivity index (χ2n) is 5.73. The van der Waals surface area contributed by atoms with Crippen molar-refractivity contribution in [2.75, 3.05) is 0 Å². The van der Waals surface area contributed by atoms with Crippen molar-refractivity contribution in [3.8, 4) is 0 Å². The number of ketones is 1. The van der Waals surface area contributed by atoms with Crippen LogP contribution < -0.4 is 0 Å². The van der Waals surface area contributed by atoms with Gasteiger partial charge in [-0.05, 0) is 56.5 Å². The number of halogens is 1. The summed E-state index contributed by atoms with van der Waals surface area (Å²) < 4.78 is 18.0. The van der Waals surface area contributed by atoms with Crippen LogP contribution in [-0.4, -0.2) is 22.3 Å². The summed E-state index contributed by atoms with van der Waals surface area (Å²) in [6.45, 7) is 5.26. The van der Waals surface area contributed by atoms with Crippen LogP contribution >= 0.6 is 0 Å². The maximum absolute atomic E-state index is 12.8. The Labute approximate surface area is 116 Å². The average Bonchev–Trinajstić information content (AvgIpc) is 2.70. The van der Waals surface area contributed by atoms with E-state index >= 15 is 0 Å². The Bertz CT molecular complexity index is 570. The fourth-order valence-corrected chi connectivity index (χ4v) is 1.99. The largest absolute Gasteiger partial charge is 0.459 e. The number of aromatic nitrogens is 1. The minimum atomic E-state index is -0.811. The lowest BCUT2D eigenvalue weighted by Gasteiger charge is -2.21. The molecule has 1 atom stereocenters. The highest BCUT2D eigenvalue weighted by atomic mass is 19.1. The van der Waals surface area contributed by atoms with Gasteiger partial charge in [0.05, 0.1) is 0 Å². The second kappa shape index (κ2) is 5.15. The summed E-state index contributed by atoms with van der Waals surface area (Å²) >= 11 is 0. The molecule has 4 nitrogen and oxygen atoms in total. The molecule has 0 radical (unpaired) electrons. The van der Waals surface area contributed by atoms with Crippen molar-refractivity contribution in [2.24, 2.45) is 5.92 Å². The Morgan fingerprint density at radius 3 is 2.65 bits per heavy atom. The van der Waals surface area contributed by atoms with Crippen molar-refractivity contribution in [3.63, 3.8) is 0 Å². The molecular weight excluding hydrogens is 261 g/mol. The third-order valence-corrected chi connectivity index (χ3v) is 2.87. The van der Waals surface area contributed by atoms with E-state index in [-0.39, 0.29) is 12.2 Å². The van der Waals surface area contributed by atoms with Crippen molar-refractivity contribution in [2.45, 2.75) is 32.8 Å². The van der Waals surface area contributed by atoms with Crippen molar-refractivity contribution in [1.29, 1.82) is 0 Å².